The van der Waals surface area contributed by atoms with E-state index < -0.39 is 5.41 Å². The van der Waals surface area contributed by atoms with E-state index in [2.05, 4.69) is 27.8 Å². The molecule has 0 spiro atoms. The number of nitrogens with one attached hydrogen (secondary N) is 2. The average molecular weight is 472 g/mol. The number of benzene rings is 1. The summed E-state index contributed by atoms with van der Waals surface area (Å²) in [4.78, 5) is 27.4. The number of aliphatic hydroxyl groups is 1. The molecule has 3 aromatic heterocycles. The minimum atomic E-state index is -0.507. The maximum Gasteiger partial charge on any atom is 0.278 e. The van der Waals surface area contributed by atoms with Gasteiger partial charge in [0.2, 0.25) is 5.95 Å². The number of aliphatic hydroxyl groups excluding tert-OH is 1. The van der Waals surface area contributed by atoms with Crippen LogP contribution >= 0.6 is 0 Å². The van der Waals surface area contributed by atoms with Gasteiger partial charge in [-0.3, -0.25) is 4.79 Å². The van der Waals surface area contributed by atoms with Gasteiger partial charge in [0, 0.05) is 23.8 Å². The molecule has 4 aromatic rings. The first kappa shape index (κ1) is 21.9. The molecule has 35 heavy (non-hydrogen) atoms. The number of aromatic nitrogens is 5. The maximum absolute atomic E-state index is 13.3. The van der Waals surface area contributed by atoms with Gasteiger partial charge in [-0.1, -0.05) is 26.0 Å². The second kappa shape index (κ2) is 8.28. The molecule has 0 radical (unpaired) electrons. The Morgan fingerprint density at radius 2 is 2.03 bits per heavy atom. The Morgan fingerprint density at radius 1 is 1.17 bits per heavy atom. The molecule has 1 aromatic carbocycles. The van der Waals surface area contributed by atoms with Crippen LogP contribution in [-0.2, 0) is 18.4 Å². The van der Waals surface area contributed by atoms with E-state index in [1.54, 1.807) is 10.9 Å². The third-order valence-corrected chi connectivity index (χ3v) is 6.91. The summed E-state index contributed by atoms with van der Waals surface area (Å²) < 4.78 is 3.57. The first-order valence-electron chi connectivity index (χ1n) is 12.1. The van der Waals surface area contributed by atoms with Crippen molar-refractivity contribution in [2.75, 3.05) is 18.5 Å². The Morgan fingerprint density at radius 3 is 2.83 bits per heavy atom. The van der Waals surface area contributed by atoms with E-state index in [1.807, 2.05) is 42.8 Å². The summed E-state index contributed by atoms with van der Waals surface area (Å²) in [5.41, 5.74) is 4.21. The van der Waals surface area contributed by atoms with Gasteiger partial charge in [-0.2, -0.15) is 4.98 Å². The molecule has 1 saturated carbocycles. The van der Waals surface area contributed by atoms with Crippen LogP contribution in [0.3, 0.4) is 0 Å². The van der Waals surface area contributed by atoms with Gasteiger partial charge in [-0.15, -0.1) is 0 Å². The third-order valence-electron chi connectivity index (χ3n) is 6.91. The van der Waals surface area contributed by atoms with Crippen LogP contribution in [0.25, 0.3) is 16.9 Å². The first-order chi connectivity index (χ1) is 16.9. The fourth-order valence-electron chi connectivity index (χ4n) is 4.61. The topological polar surface area (TPSA) is 110 Å². The molecule has 1 fully saturated rings. The standard InChI is InChI=1S/C26H29N7O2/c1-26(2,15-34)21-4-3-5-22(30-21)33-23-20(24(35)32(33)19-8-9-19)14-28-25(31-23)29-18-7-6-17-13-27-11-10-16(17)12-18/h3-7,12,14,19,27,34H,8-11,13,15H2,1-2H3,(H,28,29,31). The van der Waals surface area contributed by atoms with E-state index in [-0.39, 0.29) is 18.2 Å². The highest BCUT2D eigenvalue weighted by atomic mass is 16.3. The monoisotopic (exact) mass is 471 g/mol. The van der Waals surface area contributed by atoms with E-state index in [0.29, 0.717) is 22.8 Å². The van der Waals surface area contributed by atoms with Gasteiger partial charge in [0.1, 0.15) is 5.39 Å². The molecule has 4 heterocycles. The number of hydrogen-bond donors (Lipinski definition) is 3. The molecule has 2 aliphatic rings. The lowest BCUT2D eigenvalue weighted by atomic mass is 9.90. The lowest BCUT2D eigenvalue weighted by Crippen LogP contribution is -2.26. The van der Waals surface area contributed by atoms with Crippen molar-refractivity contribution in [2.24, 2.45) is 0 Å². The zero-order valence-electron chi connectivity index (χ0n) is 20.0. The lowest BCUT2D eigenvalue weighted by molar-refractivity contribution is 0.215. The van der Waals surface area contributed by atoms with Crippen LogP contribution in [0.1, 0.15) is 49.6 Å². The predicted octanol–water partition coefficient (Wildman–Crippen LogP) is 2.97. The molecular formula is C26H29N7O2. The van der Waals surface area contributed by atoms with Crippen molar-refractivity contribution >= 4 is 22.7 Å². The predicted molar refractivity (Wildman–Crippen MR) is 134 cm³/mol. The van der Waals surface area contributed by atoms with Gasteiger partial charge in [-0.05, 0) is 61.2 Å². The molecular weight excluding hydrogens is 442 g/mol. The van der Waals surface area contributed by atoms with Crippen LogP contribution in [-0.4, -0.2) is 42.6 Å². The van der Waals surface area contributed by atoms with Crippen molar-refractivity contribution in [1.29, 1.82) is 0 Å². The Kier molecular flexibility index (Phi) is 5.19. The third kappa shape index (κ3) is 3.90. The Hall–Kier alpha value is -3.56. The van der Waals surface area contributed by atoms with Gasteiger partial charge in [-0.25, -0.2) is 19.3 Å². The Bertz CT molecular complexity index is 1480. The number of rotatable bonds is 6. The van der Waals surface area contributed by atoms with Crippen molar-refractivity contribution in [3.63, 3.8) is 0 Å². The molecule has 0 amide bonds. The van der Waals surface area contributed by atoms with Gasteiger partial charge in [0.15, 0.2) is 11.5 Å². The highest BCUT2D eigenvalue weighted by Gasteiger charge is 2.31. The SMILES string of the molecule is CC(C)(CO)c1cccc(-n2c3nc(Nc4ccc5c(c4)CCNC5)ncc3c(=O)n2C2CC2)n1. The highest BCUT2D eigenvalue weighted by molar-refractivity contribution is 5.77. The van der Waals surface area contributed by atoms with Gasteiger partial charge in [0.25, 0.3) is 5.56 Å². The summed E-state index contributed by atoms with van der Waals surface area (Å²) in [5, 5.41) is 17.0. The van der Waals surface area contributed by atoms with Crippen LogP contribution in [0.2, 0.25) is 0 Å². The van der Waals surface area contributed by atoms with Crippen LogP contribution in [0.15, 0.2) is 47.4 Å². The highest BCUT2D eigenvalue weighted by Crippen LogP contribution is 2.35. The van der Waals surface area contributed by atoms with Crippen LogP contribution < -0.4 is 16.2 Å². The fraction of sp³-hybridized carbons (Fsp3) is 0.385. The zero-order valence-corrected chi connectivity index (χ0v) is 20.0. The van der Waals surface area contributed by atoms with Gasteiger partial charge in [0.05, 0.1) is 18.3 Å². The van der Waals surface area contributed by atoms with Crippen LogP contribution in [0.4, 0.5) is 11.6 Å². The van der Waals surface area contributed by atoms with Gasteiger partial charge < -0.3 is 15.7 Å². The average Bonchev–Trinajstić information content (AvgIpc) is 3.68. The molecule has 1 aliphatic carbocycles. The normalized spacial score (nSPS) is 15.9. The molecule has 1 aliphatic heterocycles. The quantitative estimate of drug-likeness (QED) is 0.397. The molecule has 180 valence electrons. The van der Waals surface area contributed by atoms with Gasteiger partial charge >= 0.3 is 0 Å². The Labute approximate surface area is 202 Å². The van der Waals surface area contributed by atoms with Crippen LogP contribution in [0, 0.1) is 0 Å². The van der Waals surface area contributed by atoms with E-state index in [1.165, 1.54) is 11.1 Å². The summed E-state index contributed by atoms with van der Waals surface area (Å²) in [6, 6.07) is 12.1. The smallest absolute Gasteiger partial charge is 0.278 e. The summed E-state index contributed by atoms with van der Waals surface area (Å²) >= 11 is 0. The molecule has 0 saturated heterocycles. The number of anilines is 2. The summed E-state index contributed by atoms with van der Waals surface area (Å²) in [5.74, 6) is 1.04. The second-order valence-electron chi connectivity index (χ2n) is 10.1. The fourth-order valence-corrected chi connectivity index (χ4v) is 4.61. The molecule has 0 unspecified atom stereocenters. The number of hydrogen-bond acceptors (Lipinski definition) is 7. The molecule has 9 nitrogen and oxygen atoms in total. The number of pyridine rings is 1. The second-order valence-corrected chi connectivity index (χ2v) is 10.1. The molecule has 9 heteroatoms. The van der Waals surface area contributed by atoms with E-state index in [4.69, 9.17) is 9.97 Å². The van der Waals surface area contributed by atoms with Crippen molar-refractivity contribution < 1.29 is 5.11 Å². The van der Waals surface area contributed by atoms with E-state index in [0.717, 1.165) is 43.7 Å². The van der Waals surface area contributed by atoms with Crippen molar-refractivity contribution in [3.05, 3.63) is 69.8 Å². The molecule has 6 rings (SSSR count). The molecule has 3 N–H and O–H groups in total. The zero-order chi connectivity index (χ0) is 24.2. The van der Waals surface area contributed by atoms with Crippen LogP contribution in [0.5, 0.6) is 0 Å². The lowest BCUT2D eigenvalue weighted by Gasteiger charge is -2.22. The van der Waals surface area contributed by atoms with Crippen molar-refractivity contribution in [3.8, 4) is 5.82 Å². The van der Waals surface area contributed by atoms with E-state index >= 15 is 0 Å². The van der Waals surface area contributed by atoms with E-state index in [9.17, 15) is 9.90 Å². The van der Waals surface area contributed by atoms with Crippen molar-refractivity contribution in [1.82, 2.24) is 29.6 Å². The summed E-state index contributed by atoms with van der Waals surface area (Å²) in [6.45, 7) is 5.72. The van der Waals surface area contributed by atoms with Crippen molar-refractivity contribution in [2.45, 2.75) is 51.1 Å². The minimum absolute atomic E-state index is 0.0294. The number of nitrogens with zero attached hydrogens (tertiary/aromatic N) is 5. The summed E-state index contributed by atoms with van der Waals surface area (Å²) in [7, 11) is 0. The molecule has 0 bridgehead atoms. The maximum atomic E-state index is 13.3. The largest absolute Gasteiger partial charge is 0.395 e. The minimum Gasteiger partial charge on any atom is -0.395 e. The Balaban J connectivity index is 1.46. The summed E-state index contributed by atoms with van der Waals surface area (Å²) in [6.07, 6.45) is 4.48. The molecule has 0 atom stereocenters. The number of fused-ring (bicyclic) bond motifs is 2. The first-order valence-corrected chi connectivity index (χ1v) is 12.1.